The Morgan fingerprint density at radius 3 is 2.30 bits per heavy atom. The highest BCUT2D eigenvalue weighted by atomic mass is 16.5. The molecule has 5 nitrogen and oxygen atoms in total. The van der Waals surface area contributed by atoms with E-state index in [2.05, 4.69) is 13.8 Å². The SMILES string of the molecule is CC(=O)O[C@H]1CCC2C3C(CC[C@@]21C)[C@@]1(C)CCC(=O)C=C1C[C@H]3CCCCCCCCCCC(=O)O. The third-order valence-electron chi connectivity index (χ3n) is 11.1. The van der Waals surface area contributed by atoms with Crippen LogP contribution in [0.1, 0.15) is 130 Å². The number of hydrogen-bond donors (Lipinski definition) is 1. The van der Waals surface area contributed by atoms with Crippen molar-refractivity contribution in [2.24, 2.45) is 34.5 Å². The van der Waals surface area contributed by atoms with Crippen LogP contribution in [-0.4, -0.2) is 28.9 Å². The maximum Gasteiger partial charge on any atom is 0.303 e. The summed E-state index contributed by atoms with van der Waals surface area (Å²) in [7, 11) is 0. The number of carboxylic acids is 1. The summed E-state index contributed by atoms with van der Waals surface area (Å²) in [6, 6.07) is 0. The Morgan fingerprint density at radius 1 is 0.946 bits per heavy atom. The van der Waals surface area contributed by atoms with E-state index in [9.17, 15) is 14.4 Å². The van der Waals surface area contributed by atoms with Crippen LogP contribution in [0.5, 0.6) is 0 Å². The zero-order valence-corrected chi connectivity index (χ0v) is 23.6. The van der Waals surface area contributed by atoms with Crippen molar-refractivity contribution in [3.63, 3.8) is 0 Å². The van der Waals surface area contributed by atoms with Crippen LogP contribution in [0.4, 0.5) is 0 Å². The van der Waals surface area contributed by atoms with Crippen LogP contribution >= 0.6 is 0 Å². The molecule has 3 saturated carbocycles. The minimum Gasteiger partial charge on any atom is -0.481 e. The third kappa shape index (κ3) is 6.17. The van der Waals surface area contributed by atoms with Gasteiger partial charge in [-0.2, -0.15) is 0 Å². The molecular weight excluding hydrogens is 464 g/mol. The van der Waals surface area contributed by atoms with Crippen LogP contribution < -0.4 is 0 Å². The molecule has 4 aliphatic rings. The van der Waals surface area contributed by atoms with Crippen molar-refractivity contribution in [3.05, 3.63) is 11.6 Å². The van der Waals surface area contributed by atoms with Gasteiger partial charge in [-0.05, 0) is 86.5 Å². The van der Waals surface area contributed by atoms with Crippen molar-refractivity contribution in [3.8, 4) is 0 Å². The van der Waals surface area contributed by atoms with E-state index in [1.807, 2.05) is 6.08 Å². The fraction of sp³-hybridized carbons (Fsp3) is 0.844. The maximum atomic E-state index is 12.4. The van der Waals surface area contributed by atoms with E-state index in [-0.39, 0.29) is 22.9 Å². The Labute approximate surface area is 224 Å². The summed E-state index contributed by atoms with van der Waals surface area (Å²) in [4.78, 5) is 34.9. The largest absolute Gasteiger partial charge is 0.481 e. The summed E-state index contributed by atoms with van der Waals surface area (Å²) in [6.07, 6.45) is 20.1. The molecule has 3 unspecified atom stereocenters. The lowest BCUT2D eigenvalue weighted by atomic mass is 9.44. The molecule has 0 aromatic rings. The fourth-order valence-electron chi connectivity index (χ4n) is 9.09. The van der Waals surface area contributed by atoms with Crippen molar-refractivity contribution in [2.75, 3.05) is 0 Å². The van der Waals surface area contributed by atoms with E-state index in [0.717, 1.165) is 44.9 Å². The number of ether oxygens (including phenoxy) is 1. The molecule has 1 N–H and O–H groups in total. The third-order valence-corrected chi connectivity index (χ3v) is 11.1. The molecule has 3 fully saturated rings. The summed E-state index contributed by atoms with van der Waals surface area (Å²) >= 11 is 0. The van der Waals surface area contributed by atoms with Crippen LogP contribution in [0.15, 0.2) is 11.6 Å². The molecule has 7 atom stereocenters. The first kappa shape index (κ1) is 28.4. The molecule has 0 amide bonds. The standard InChI is InChI=1S/C32H50O5/c1-22(33)37-28-15-14-26-30-23(12-10-8-6-4-5-7-9-11-13-29(35)36)20-24-21-25(34)16-18-31(24,2)27(30)17-19-32(26,28)3/h21,23,26-28,30H,4-20H2,1-3H3,(H,35,36)/t23-,26?,27?,28+,30?,31+,32+/m1/s1. The summed E-state index contributed by atoms with van der Waals surface area (Å²) in [5.74, 6) is 2.06. The molecule has 5 heteroatoms. The van der Waals surface area contributed by atoms with Gasteiger partial charge in [0.25, 0.3) is 0 Å². The fourth-order valence-corrected chi connectivity index (χ4v) is 9.09. The molecule has 0 radical (unpaired) electrons. The first-order chi connectivity index (χ1) is 17.6. The minimum atomic E-state index is -0.684. The molecule has 4 aliphatic carbocycles. The lowest BCUT2D eigenvalue weighted by Gasteiger charge is -2.60. The second-order valence-corrected chi connectivity index (χ2v) is 13.3. The Bertz CT molecular complexity index is 876. The molecule has 0 aromatic heterocycles. The summed E-state index contributed by atoms with van der Waals surface area (Å²) in [5.41, 5.74) is 1.69. The van der Waals surface area contributed by atoms with Crippen LogP contribution in [-0.2, 0) is 19.1 Å². The van der Waals surface area contributed by atoms with E-state index < -0.39 is 5.97 Å². The quantitative estimate of drug-likeness (QED) is 0.213. The van der Waals surface area contributed by atoms with Crippen molar-refractivity contribution < 1.29 is 24.2 Å². The number of hydrogen-bond acceptors (Lipinski definition) is 4. The molecule has 0 aromatic carbocycles. The van der Waals surface area contributed by atoms with Crippen molar-refractivity contribution in [1.29, 1.82) is 0 Å². The molecule has 0 aliphatic heterocycles. The minimum absolute atomic E-state index is 0.0600. The lowest BCUT2D eigenvalue weighted by molar-refractivity contribution is -0.159. The molecule has 4 rings (SSSR count). The average Bonchev–Trinajstić information content (AvgIpc) is 3.16. The zero-order chi connectivity index (χ0) is 26.6. The second-order valence-electron chi connectivity index (χ2n) is 13.3. The van der Waals surface area contributed by atoms with E-state index in [1.165, 1.54) is 56.9 Å². The monoisotopic (exact) mass is 514 g/mol. The second kappa shape index (κ2) is 12.0. The summed E-state index contributed by atoms with van der Waals surface area (Å²) < 4.78 is 5.89. The zero-order valence-electron chi connectivity index (χ0n) is 23.6. The van der Waals surface area contributed by atoms with Gasteiger partial charge in [-0.3, -0.25) is 14.4 Å². The molecule has 0 spiro atoms. The van der Waals surface area contributed by atoms with E-state index in [4.69, 9.17) is 9.84 Å². The van der Waals surface area contributed by atoms with Crippen molar-refractivity contribution in [2.45, 2.75) is 136 Å². The van der Waals surface area contributed by atoms with Crippen LogP contribution in [0.3, 0.4) is 0 Å². The number of unbranched alkanes of at least 4 members (excludes halogenated alkanes) is 7. The molecular formula is C32H50O5. The predicted molar refractivity (Wildman–Crippen MR) is 145 cm³/mol. The predicted octanol–water partition coefficient (Wildman–Crippen LogP) is 7.66. The normalized spacial score (nSPS) is 36.8. The van der Waals surface area contributed by atoms with Crippen molar-refractivity contribution in [1.82, 2.24) is 0 Å². The van der Waals surface area contributed by atoms with Gasteiger partial charge in [0, 0.05) is 25.2 Å². The maximum absolute atomic E-state index is 12.4. The number of ketones is 1. The van der Waals surface area contributed by atoms with Gasteiger partial charge < -0.3 is 9.84 Å². The highest BCUT2D eigenvalue weighted by Gasteiger charge is 2.61. The highest BCUT2D eigenvalue weighted by Crippen LogP contribution is 2.67. The molecule has 0 bridgehead atoms. The molecule has 0 saturated heterocycles. The van der Waals surface area contributed by atoms with E-state index in [0.29, 0.717) is 42.3 Å². The Hall–Kier alpha value is -1.65. The van der Waals surface area contributed by atoms with Gasteiger partial charge in [-0.1, -0.05) is 64.4 Å². The first-order valence-electron chi connectivity index (χ1n) is 15.3. The number of rotatable bonds is 12. The van der Waals surface area contributed by atoms with Gasteiger partial charge in [0.1, 0.15) is 6.10 Å². The summed E-state index contributed by atoms with van der Waals surface area (Å²) in [5, 5.41) is 8.76. The number of fused-ring (bicyclic) bond motifs is 5. The number of carbonyl (C=O) groups is 3. The Kier molecular flexibility index (Phi) is 9.22. The first-order valence-corrected chi connectivity index (χ1v) is 15.3. The molecule has 37 heavy (non-hydrogen) atoms. The molecule has 0 heterocycles. The van der Waals surface area contributed by atoms with Gasteiger partial charge in [-0.25, -0.2) is 0 Å². The van der Waals surface area contributed by atoms with Gasteiger partial charge in [0.15, 0.2) is 5.78 Å². The van der Waals surface area contributed by atoms with Gasteiger partial charge in [-0.15, -0.1) is 0 Å². The lowest BCUT2D eigenvalue weighted by Crippen LogP contribution is -2.54. The highest BCUT2D eigenvalue weighted by molar-refractivity contribution is 5.91. The Balaban J connectivity index is 1.37. The number of carbonyl (C=O) groups excluding carboxylic acids is 2. The topological polar surface area (TPSA) is 80.7 Å². The van der Waals surface area contributed by atoms with Gasteiger partial charge in [0.05, 0.1) is 0 Å². The smallest absolute Gasteiger partial charge is 0.303 e. The summed E-state index contributed by atoms with van der Waals surface area (Å²) in [6.45, 7) is 6.41. The van der Waals surface area contributed by atoms with Crippen molar-refractivity contribution >= 4 is 17.7 Å². The van der Waals surface area contributed by atoms with Gasteiger partial charge in [0.2, 0.25) is 0 Å². The van der Waals surface area contributed by atoms with Crippen LogP contribution in [0, 0.1) is 34.5 Å². The number of esters is 1. The van der Waals surface area contributed by atoms with Gasteiger partial charge >= 0.3 is 11.9 Å². The molecule has 208 valence electrons. The average molecular weight is 515 g/mol. The van der Waals surface area contributed by atoms with Crippen LogP contribution in [0.25, 0.3) is 0 Å². The van der Waals surface area contributed by atoms with Crippen LogP contribution in [0.2, 0.25) is 0 Å². The number of carboxylic acid groups (broad SMARTS) is 1. The number of allylic oxidation sites excluding steroid dienone is 1. The van der Waals surface area contributed by atoms with E-state index in [1.54, 1.807) is 6.92 Å². The Morgan fingerprint density at radius 2 is 1.62 bits per heavy atom. The number of aliphatic carboxylic acids is 1. The van der Waals surface area contributed by atoms with E-state index >= 15 is 0 Å².